The van der Waals surface area contributed by atoms with Gasteiger partial charge in [-0.2, -0.15) is 0 Å². The Kier molecular flexibility index (Phi) is 3.66. The van der Waals surface area contributed by atoms with E-state index in [0.29, 0.717) is 5.69 Å². The van der Waals surface area contributed by atoms with Crippen molar-refractivity contribution in [3.05, 3.63) is 24.0 Å². The number of nitrogens with two attached hydrogens (primary N) is 1. The molecule has 3 N–H and O–H groups in total. The Balaban J connectivity index is 2.80. The monoisotopic (exact) mass is 210 g/mol. The highest BCUT2D eigenvalue weighted by Gasteiger charge is 2.12. The van der Waals surface area contributed by atoms with Gasteiger partial charge in [0.05, 0.1) is 5.69 Å². The van der Waals surface area contributed by atoms with E-state index in [9.17, 15) is 9.18 Å². The first-order valence-corrected chi connectivity index (χ1v) is 4.90. The topological polar surface area (TPSA) is 55.1 Å². The normalized spacial score (nSPS) is 12.2. The number of nitrogens with one attached hydrogen (secondary N) is 1. The van der Waals surface area contributed by atoms with E-state index < -0.39 is 5.82 Å². The molecular formula is C11H15FN2O. The third-order valence-corrected chi connectivity index (χ3v) is 2.31. The summed E-state index contributed by atoms with van der Waals surface area (Å²) < 4.78 is 13.2. The van der Waals surface area contributed by atoms with Crippen LogP contribution in [0.5, 0.6) is 0 Å². The van der Waals surface area contributed by atoms with Crippen LogP contribution in [0, 0.1) is 11.7 Å². The molecule has 3 nitrogen and oxygen atoms in total. The van der Waals surface area contributed by atoms with Crippen molar-refractivity contribution >= 4 is 17.3 Å². The molecule has 1 aromatic rings. The second-order valence-corrected chi connectivity index (χ2v) is 3.54. The third kappa shape index (κ3) is 2.94. The molecule has 0 bridgehead atoms. The molecule has 82 valence electrons. The lowest BCUT2D eigenvalue weighted by Crippen LogP contribution is -2.20. The number of carbonyl (C=O) groups excluding carboxylic acids is 1. The van der Waals surface area contributed by atoms with Crippen molar-refractivity contribution in [3.63, 3.8) is 0 Å². The molecule has 1 atom stereocenters. The summed E-state index contributed by atoms with van der Waals surface area (Å²) >= 11 is 0. The Morgan fingerprint density at radius 3 is 2.87 bits per heavy atom. The maximum atomic E-state index is 13.2. The van der Waals surface area contributed by atoms with Crippen LogP contribution in [-0.2, 0) is 4.79 Å². The average molecular weight is 210 g/mol. The number of carbonyl (C=O) groups is 1. The van der Waals surface area contributed by atoms with E-state index in [0.717, 1.165) is 6.42 Å². The molecule has 0 aromatic heterocycles. The van der Waals surface area contributed by atoms with Gasteiger partial charge < -0.3 is 11.1 Å². The zero-order valence-electron chi connectivity index (χ0n) is 8.88. The van der Waals surface area contributed by atoms with Gasteiger partial charge in [0, 0.05) is 11.6 Å². The fourth-order valence-corrected chi connectivity index (χ4v) is 1.08. The number of anilines is 2. The predicted molar refractivity (Wildman–Crippen MR) is 58.9 cm³/mol. The average Bonchev–Trinajstić information content (AvgIpc) is 2.22. The molecule has 0 aliphatic rings. The molecule has 0 spiro atoms. The van der Waals surface area contributed by atoms with Crippen LogP contribution in [0.25, 0.3) is 0 Å². The number of amides is 1. The Labute approximate surface area is 88.5 Å². The highest BCUT2D eigenvalue weighted by molar-refractivity contribution is 5.92. The summed E-state index contributed by atoms with van der Waals surface area (Å²) in [6.45, 7) is 3.69. The van der Waals surface area contributed by atoms with Gasteiger partial charge in [-0.25, -0.2) is 4.39 Å². The van der Waals surface area contributed by atoms with E-state index in [1.54, 1.807) is 6.92 Å². The summed E-state index contributed by atoms with van der Waals surface area (Å²) in [4.78, 5) is 11.5. The number of hydrogen-bond donors (Lipinski definition) is 2. The van der Waals surface area contributed by atoms with Crippen LogP contribution in [-0.4, -0.2) is 5.91 Å². The van der Waals surface area contributed by atoms with E-state index in [2.05, 4.69) is 5.32 Å². The molecule has 0 radical (unpaired) electrons. The number of rotatable bonds is 3. The number of benzene rings is 1. The Bertz CT molecular complexity index is 366. The molecular weight excluding hydrogens is 195 g/mol. The largest absolute Gasteiger partial charge is 0.399 e. The van der Waals surface area contributed by atoms with Crippen molar-refractivity contribution in [2.75, 3.05) is 11.1 Å². The second-order valence-electron chi connectivity index (χ2n) is 3.54. The summed E-state index contributed by atoms with van der Waals surface area (Å²) in [7, 11) is 0. The molecule has 1 unspecified atom stereocenters. The fraction of sp³-hybridized carbons (Fsp3) is 0.364. The van der Waals surface area contributed by atoms with Gasteiger partial charge in [-0.3, -0.25) is 4.79 Å². The quantitative estimate of drug-likeness (QED) is 0.752. The second kappa shape index (κ2) is 4.77. The van der Waals surface area contributed by atoms with Crippen molar-refractivity contribution in [1.29, 1.82) is 0 Å². The minimum atomic E-state index is -0.471. The predicted octanol–water partition coefficient (Wildman–Crippen LogP) is 2.39. The minimum Gasteiger partial charge on any atom is -0.399 e. The third-order valence-electron chi connectivity index (χ3n) is 2.31. The maximum Gasteiger partial charge on any atom is 0.227 e. The zero-order chi connectivity index (χ0) is 11.4. The van der Waals surface area contributed by atoms with Gasteiger partial charge in [0.15, 0.2) is 0 Å². The van der Waals surface area contributed by atoms with Crippen LogP contribution >= 0.6 is 0 Å². The van der Waals surface area contributed by atoms with Gasteiger partial charge in [-0.1, -0.05) is 13.8 Å². The summed E-state index contributed by atoms with van der Waals surface area (Å²) in [5, 5.41) is 2.51. The van der Waals surface area contributed by atoms with Gasteiger partial charge >= 0.3 is 0 Å². The van der Waals surface area contributed by atoms with Gasteiger partial charge in [0.25, 0.3) is 0 Å². The molecule has 0 aliphatic heterocycles. The van der Waals surface area contributed by atoms with Gasteiger partial charge in [0.2, 0.25) is 5.91 Å². The minimum absolute atomic E-state index is 0.133. The first kappa shape index (κ1) is 11.5. The van der Waals surface area contributed by atoms with Crippen LogP contribution in [0.2, 0.25) is 0 Å². The fourth-order valence-electron chi connectivity index (χ4n) is 1.08. The van der Waals surface area contributed by atoms with Gasteiger partial charge in [0.1, 0.15) is 5.82 Å². The summed E-state index contributed by atoms with van der Waals surface area (Å²) in [5.74, 6) is -0.798. The van der Waals surface area contributed by atoms with Gasteiger partial charge in [-0.15, -0.1) is 0 Å². The Hall–Kier alpha value is -1.58. The number of hydrogen-bond acceptors (Lipinski definition) is 2. The first-order valence-electron chi connectivity index (χ1n) is 4.90. The molecule has 0 fully saturated rings. The summed E-state index contributed by atoms with van der Waals surface area (Å²) in [6, 6.07) is 4.10. The van der Waals surface area contributed by atoms with Crippen molar-refractivity contribution in [2.45, 2.75) is 20.3 Å². The van der Waals surface area contributed by atoms with Crippen LogP contribution in [0.1, 0.15) is 20.3 Å². The highest BCUT2D eigenvalue weighted by atomic mass is 19.1. The van der Waals surface area contributed by atoms with E-state index in [1.807, 2.05) is 6.92 Å². The van der Waals surface area contributed by atoms with E-state index in [1.165, 1.54) is 18.2 Å². The smallest absolute Gasteiger partial charge is 0.227 e. The standard InChI is InChI=1S/C11H15FN2O/c1-3-7(2)11(15)14-10-6-8(13)4-5-9(10)12/h4-7H,3,13H2,1-2H3,(H,14,15). The maximum absolute atomic E-state index is 13.2. The van der Waals surface area contributed by atoms with Crippen LogP contribution in [0.3, 0.4) is 0 Å². The van der Waals surface area contributed by atoms with Crippen LogP contribution < -0.4 is 11.1 Å². The lowest BCUT2D eigenvalue weighted by molar-refractivity contribution is -0.119. The van der Waals surface area contributed by atoms with Crippen molar-refractivity contribution in [2.24, 2.45) is 5.92 Å². The molecule has 0 heterocycles. The molecule has 1 aromatic carbocycles. The SMILES string of the molecule is CCC(C)C(=O)Nc1cc(N)ccc1F. The summed E-state index contributed by atoms with van der Waals surface area (Å²) in [5.41, 5.74) is 6.06. The van der Waals surface area contributed by atoms with E-state index in [-0.39, 0.29) is 17.5 Å². The van der Waals surface area contributed by atoms with E-state index in [4.69, 9.17) is 5.73 Å². The van der Waals surface area contributed by atoms with Crippen molar-refractivity contribution < 1.29 is 9.18 Å². The molecule has 4 heteroatoms. The van der Waals surface area contributed by atoms with Gasteiger partial charge in [-0.05, 0) is 24.6 Å². The van der Waals surface area contributed by atoms with Crippen molar-refractivity contribution in [3.8, 4) is 0 Å². The molecule has 0 saturated carbocycles. The van der Waals surface area contributed by atoms with Crippen molar-refractivity contribution in [1.82, 2.24) is 0 Å². The molecule has 1 amide bonds. The molecule has 0 aliphatic carbocycles. The van der Waals surface area contributed by atoms with Crippen LogP contribution in [0.4, 0.5) is 15.8 Å². The lowest BCUT2D eigenvalue weighted by atomic mass is 10.1. The Morgan fingerprint density at radius 2 is 2.27 bits per heavy atom. The summed E-state index contributed by atoms with van der Waals surface area (Å²) in [6.07, 6.45) is 0.718. The van der Waals surface area contributed by atoms with E-state index >= 15 is 0 Å². The van der Waals surface area contributed by atoms with Crippen LogP contribution in [0.15, 0.2) is 18.2 Å². The first-order chi connectivity index (χ1) is 7.04. The number of halogens is 1. The zero-order valence-corrected chi connectivity index (χ0v) is 8.88. The number of nitrogen functional groups attached to an aromatic ring is 1. The Morgan fingerprint density at radius 1 is 1.60 bits per heavy atom. The lowest BCUT2D eigenvalue weighted by Gasteiger charge is -2.10. The highest BCUT2D eigenvalue weighted by Crippen LogP contribution is 2.18. The molecule has 15 heavy (non-hydrogen) atoms. The molecule has 0 saturated heterocycles. The molecule has 1 rings (SSSR count).